The number of ether oxygens (including phenoxy) is 1. The zero-order valence-corrected chi connectivity index (χ0v) is 10.5. The van der Waals surface area contributed by atoms with Crippen molar-refractivity contribution in [3.05, 3.63) is 47.8 Å². The van der Waals surface area contributed by atoms with Gasteiger partial charge in [-0.3, -0.25) is 9.48 Å². The Morgan fingerprint density at radius 1 is 1.32 bits per heavy atom. The van der Waals surface area contributed by atoms with Crippen LogP contribution in [-0.2, 0) is 13.0 Å². The quantitative estimate of drug-likeness (QED) is 0.896. The number of nitrogens with one attached hydrogen (secondary N) is 1. The second-order valence-corrected chi connectivity index (χ2v) is 4.41. The number of aromatic nitrogens is 2. The van der Waals surface area contributed by atoms with E-state index in [9.17, 15) is 4.79 Å². The first-order valence-corrected chi connectivity index (χ1v) is 6.36. The van der Waals surface area contributed by atoms with E-state index in [1.165, 1.54) is 0 Å². The maximum absolute atomic E-state index is 11.6. The SMILES string of the molecule is O=C1NCCn2nc(CCOc3ccccc3)cc21. The van der Waals surface area contributed by atoms with E-state index >= 15 is 0 Å². The highest BCUT2D eigenvalue weighted by atomic mass is 16.5. The number of hydrogen-bond acceptors (Lipinski definition) is 3. The molecule has 2 aromatic rings. The molecule has 1 amide bonds. The summed E-state index contributed by atoms with van der Waals surface area (Å²) in [5, 5.41) is 7.21. The highest BCUT2D eigenvalue weighted by molar-refractivity contribution is 5.93. The monoisotopic (exact) mass is 257 g/mol. The lowest BCUT2D eigenvalue weighted by Gasteiger charge is -2.13. The molecular weight excluding hydrogens is 242 g/mol. The Hall–Kier alpha value is -2.30. The van der Waals surface area contributed by atoms with E-state index < -0.39 is 0 Å². The Balaban J connectivity index is 1.60. The summed E-state index contributed by atoms with van der Waals surface area (Å²) in [5.74, 6) is 0.804. The van der Waals surface area contributed by atoms with Gasteiger partial charge in [0.25, 0.3) is 5.91 Å². The van der Waals surface area contributed by atoms with Crippen LogP contribution in [0.5, 0.6) is 5.75 Å². The molecule has 0 aliphatic carbocycles. The predicted molar refractivity (Wildman–Crippen MR) is 70.2 cm³/mol. The molecule has 0 fully saturated rings. The molecule has 3 rings (SSSR count). The maximum atomic E-state index is 11.6. The summed E-state index contributed by atoms with van der Waals surface area (Å²) in [7, 11) is 0. The van der Waals surface area contributed by atoms with E-state index in [0.29, 0.717) is 25.3 Å². The molecule has 0 saturated carbocycles. The van der Waals surface area contributed by atoms with Crippen LogP contribution in [0.2, 0.25) is 0 Å². The standard InChI is InChI=1S/C14H15N3O2/c18-14-13-10-11(16-17(13)8-7-15-14)6-9-19-12-4-2-1-3-5-12/h1-5,10H,6-9H2,(H,15,18). The van der Waals surface area contributed by atoms with Crippen molar-refractivity contribution in [2.75, 3.05) is 13.2 Å². The smallest absolute Gasteiger partial charge is 0.269 e. The molecule has 5 heteroatoms. The number of fused-ring (bicyclic) bond motifs is 1. The normalized spacial score (nSPS) is 13.8. The highest BCUT2D eigenvalue weighted by Gasteiger charge is 2.18. The van der Waals surface area contributed by atoms with E-state index in [2.05, 4.69) is 10.4 Å². The largest absolute Gasteiger partial charge is 0.493 e. The first-order chi connectivity index (χ1) is 9.33. The zero-order valence-electron chi connectivity index (χ0n) is 10.5. The third-order valence-corrected chi connectivity index (χ3v) is 3.04. The number of benzene rings is 1. The second-order valence-electron chi connectivity index (χ2n) is 4.41. The number of para-hydroxylation sites is 1. The molecule has 2 heterocycles. The first kappa shape index (κ1) is 11.8. The van der Waals surface area contributed by atoms with Gasteiger partial charge < -0.3 is 10.1 Å². The van der Waals surface area contributed by atoms with Crippen LogP contribution in [0.3, 0.4) is 0 Å². The van der Waals surface area contributed by atoms with Crippen molar-refractivity contribution >= 4 is 5.91 Å². The van der Waals surface area contributed by atoms with Gasteiger partial charge in [-0.2, -0.15) is 5.10 Å². The van der Waals surface area contributed by atoms with E-state index in [4.69, 9.17) is 4.74 Å². The fraction of sp³-hybridized carbons (Fsp3) is 0.286. The van der Waals surface area contributed by atoms with Crippen molar-refractivity contribution < 1.29 is 9.53 Å². The molecule has 0 unspecified atom stereocenters. The van der Waals surface area contributed by atoms with Crippen LogP contribution < -0.4 is 10.1 Å². The molecule has 1 aromatic carbocycles. The molecule has 5 nitrogen and oxygen atoms in total. The molecule has 0 bridgehead atoms. The lowest BCUT2D eigenvalue weighted by molar-refractivity contribution is 0.0924. The van der Waals surface area contributed by atoms with Gasteiger partial charge in [-0.15, -0.1) is 0 Å². The van der Waals surface area contributed by atoms with Crippen LogP contribution in [0.1, 0.15) is 16.2 Å². The van der Waals surface area contributed by atoms with E-state index in [1.54, 1.807) is 4.68 Å². The minimum Gasteiger partial charge on any atom is -0.493 e. The Bertz CT molecular complexity index is 578. The van der Waals surface area contributed by atoms with Gasteiger partial charge in [0, 0.05) is 13.0 Å². The van der Waals surface area contributed by atoms with Crippen molar-refractivity contribution in [2.45, 2.75) is 13.0 Å². The van der Waals surface area contributed by atoms with E-state index in [1.807, 2.05) is 36.4 Å². The van der Waals surface area contributed by atoms with Gasteiger partial charge in [-0.25, -0.2) is 0 Å². The summed E-state index contributed by atoms with van der Waals surface area (Å²) in [6.45, 7) is 1.94. The Morgan fingerprint density at radius 2 is 2.16 bits per heavy atom. The van der Waals surface area contributed by atoms with Gasteiger partial charge in [-0.1, -0.05) is 18.2 Å². The van der Waals surface area contributed by atoms with Crippen molar-refractivity contribution in [3.63, 3.8) is 0 Å². The average Bonchev–Trinajstić information content (AvgIpc) is 2.84. The van der Waals surface area contributed by atoms with Gasteiger partial charge in [0.2, 0.25) is 0 Å². The zero-order chi connectivity index (χ0) is 13.1. The molecule has 19 heavy (non-hydrogen) atoms. The molecule has 1 aliphatic heterocycles. The minimum absolute atomic E-state index is 0.0472. The molecule has 1 N–H and O–H groups in total. The van der Waals surface area contributed by atoms with E-state index in [0.717, 1.165) is 18.0 Å². The first-order valence-electron chi connectivity index (χ1n) is 6.36. The molecule has 0 saturated heterocycles. The van der Waals surface area contributed by atoms with Crippen LogP contribution >= 0.6 is 0 Å². The lowest BCUT2D eigenvalue weighted by atomic mass is 10.2. The van der Waals surface area contributed by atoms with Crippen molar-refractivity contribution in [2.24, 2.45) is 0 Å². The number of carbonyl (C=O) groups excluding carboxylic acids is 1. The van der Waals surface area contributed by atoms with Crippen LogP contribution in [0.25, 0.3) is 0 Å². The summed E-state index contributed by atoms with van der Waals surface area (Å²) in [6.07, 6.45) is 0.697. The Labute approximate surface area is 111 Å². The van der Waals surface area contributed by atoms with Gasteiger partial charge in [0.1, 0.15) is 11.4 Å². The van der Waals surface area contributed by atoms with Crippen LogP contribution in [-0.4, -0.2) is 28.8 Å². The second kappa shape index (κ2) is 5.14. The van der Waals surface area contributed by atoms with Crippen molar-refractivity contribution in [1.82, 2.24) is 15.1 Å². The van der Waals surface area contributed by atoms with Crippen LogP contribution in [0, 0.1) is 0 Å². The van der Waals surface area contributed by atoms with Gasteiger partial charge in [0.05, 0.1) is 18.8 Å². The average molecular weight is 257 g/mol. The lowest BCUT2D eigenvalue weighted by Crippen LogP contribution is -2.35. The molecule has 0 radical (unpaired) electrons. The number of amides is 1. The predicted octanol–water partition coefficient (Wildman–Crippen LogP) is 1.25. The highest BCUT2D eigenvalue weighted by Crippen LogP contribution is 2.11. The molecule has 0 spiro atoms. The molecule has 1 aliphatic rings. The van der Waals surface area contributed by atoms with Crippen molar-refractivity contribution in [3.8, 4) is 5.75 Å². The third-order valence-electron chi connectivity index (χ3n) is 3.04. The summed E-state index contributed by atoms with van der Waals surface area (Å²) >= 11 is 0. The molecule has 1 aromatic heterocycles. The maximum Gasteiger partial charge on any atom is 0.269 e. The fourth-order valence-corrected chi connectivity index (χ4v) is 2.10. The topological polar surface area (TPSA) is 56.2 Å². The van der Waals surface area contributed by atoms with Gasteiger partial charge in [0.15, 0.2) is 0 Å². The van der Waals surface area contributed by atoms with Crippen LogP contribution in [0.15, 0.2) is 36.4 Å². The fourth-order valence-electron chi connectivity index (χ4n) is 2.10. The van der Waals surface area contributed by atoms with Crippen LogP contribution in [0.4, 0.5) is 0 Å². The number of nitrogens with zero attached hydrogens (tertiary/aromatic N) is 2. The van der Waals surface area contributed by atoms with E-state index in [-0.39, 0.29) is 5.91 Å². The number of hydrogen-bond donors (Lipinski definition) is 1. The Morgan fingerprint density at radius 3 is 2.95 bits per heavy atom. The minimum atomic E-state index is -0.0472. The third kappa shape index (κ3) is 2.59. The number of rotatable bonds is 4. The van der Waals surface area contributed by atoms with Gasteiger partial charge >= 0.3 is 0 Å². The van der Waals surface area contributed by atoms with Crippen molar-refractivity contribution in [1.29, 1.82) is 0 Å². The summed E-state index contributed by atoms with van der Waals surface area (Å²) in [6, 6.07) is 11.5. The van der Waals surface area contributed by atoms with Gasteiger partial charge in [-0.05, 0) is 18.2 Å². The summed E-state index contributed by atoms with van der Waals surface area (Å²) in [5.41, 5.74) is 1.53. The number of carbonyl (C=O) groups is 1. The Kier molecular flexibility index (Phi) is 3.18. The molecule has 0 atom stereocenters. The molecular formula is C14H15N3O2. The summed E-state index contributed by atoms with van der Waals surface area (Å²) in [4.78, 5) is 11.6. The molecule has 98 valence electrons. The summed E-state index contributed by atoms with van der Waals surface area (Å²) < 4.78 is 7.38.